The topological polar surface area (TPSA) is 218 Å². The lowest BCUT2D eigenvalue weighted by Crippen LogP contribution is -2.64. The van der Waals surface area contributed by atoms with Gasteiger partial charge in [0.05, 0.1) is 24.4 Å². The summed E-state index contributed by atoms with van der Waals surface area (Å²) in [5, 5.41) is 30.9. The van der Waals surface area contributed by atoms with Crippen molar-refractivity contribution in [2.24, 2.45) is 50.2 Å². The highest BCUT2D eigenvalue weighted by Gasteiger charge is 2.68. The molecule has 15 nitrogen and oxygen atoms in total. The zero-order valence-corrected chi connectivity index (χ0v) is 42.8. The summed E-state index contributed by atoms with van der Waals surface area (Å²) in [4.78, 5) is 81.6. The van der Waals surface area contributed by atoms with E-state index < -0.39 is 144 Å². The quantitative estimate of drug-likeness (QED) is 0.0327. The van der Waals surface area contributed by atoms with Crippen molar-refractivity contribution in [1.29, 1.82) is 0 Å². The third-order valence-electron chi connectivity index (χ3n) is 15.9. The summed E-state index contributed by atoms with van der Waals surface area (Å²) in [6.45, 7) is 34.6. The van der Waals surface area contributed by atoms with Crippen LogP contribution in [0, 0.1) is 50.2 Å². The molecule has 0 rings (SSSR count). The number of ether oxygens (including phenoxy) is 6. The maximum atomic E-state index is 15.6. The smallest absolute Gasteiger partial charge is 0.330 e. The molecule has 15 heteroatoms. The summed E-state index contributed by atoms with van der Waals surface area (Å²) < 4.78 is 33.6. The Morgan fingerprint density at radius 2 is 0.788 bits per heavy atom. The first-order valence-corrected chi connectivity index (χ1v) is 23.5. The molecule has 0 fully saturated rings. The first kappa shape index (κ1) is 61.9. The lowest BCUT2D eigenvalue weighted by atomic mass is 9.39. The number of esters is 6. The average molecular weight is 939 g/mol. The van der Waals surface area contributed by atoms with Gasteiger partial charge in [0.2, 0.25) is 0 Å². The number of rotatable bonds is 33. The van der Waals surface area contributed by atoms with Crippen LogP contribution in [0.5, 0.6) is 0 Å². The molecule has 0 saturated carbocycles. The van der Waals surface area contributed by atoms with Gasteiger partial charge in [-0.05, 0) is 71.0 Å². The Hall–Kier alpha value is -4.08. The van der Waals surface area contributed by atoms with Crippen molar-refractivity contribution in [3.8, 4) is 0 Å². The normalized spacial score (nSPS) is 18.3. The lowest BCUT2D eigenvalue weighted by molar-refractivity contribution is -0.214. The number of carbonyl (C=O) groups is 6. The van der Waals surface area contributed by atoms with Crippen molar-refractivity contribution in [2.75, 3.05) is 39.6 Å². The third-order valence-corrected chi connectivity index (χ3v) is 15.9. The van der Waals surface area contributed by atoms with Crippen LogP contribution in [0.2, 0.25) is 0 Å². The zero-order valence-electron chi connectivity index (χ0n) is 42.8. The van der Waals surface area contributed by atoms with Crippen LogP contribution in [0.1, 0.15) is 142 Å². The zero-order chi connectivity index (χ0) is 51.5. The minimum absolute atomic E-state index is 0.295. The number of aliphatic hydroxyl groups excluding tert-OH is 3. The van der Waals surface area contributed by atoms with Crippen molar-refractivity contribution in [2.45, 2.75) is 160 Å². The molecular weight excluding hydrogens is 853 g/mol. The third kappa shape index (κ3) is 14.5. The van der Waals surface area contributed by atoms with Gasteiger partial charge in [0.1, 0.15) is 45.2 Å². The van der Waals surface area contributed by atoms with E-state index in [4.69, 9.17) is 28.4 Å². The van der Waals surface area contributed by atoms with E-state index in [1.807, 2.05) is 96.9 Å². The van der Waals surface area contributed by atoms with E-state index in [1.54, 1.807) is 0 Å². The van der Waals surface area contributed by atoms with E-state index in [1.165, 1.54) is 0 Å². The number of hydrogen-bond donors (Lipinski definition) is 3. The summed E-state index contributed by atoms with van der Waals surface area (Å²) in [7, 11) is 0. The standard InChI is InChI=1S/C51H86O15/c1-18-37(55)61-30-35(54)31-64-45(60)42(51(17,27-10)49(15,25-8)41(47(13,22-5)23-6)44(59)63-29-34(53)28-52)50(16,26-9)48(14,24-7)40(46(11,12)21-4)43(58)65-33-36(66-39(57)20-3)32-62-38(56)19-2/h18-20,34-36,40-42,52-54H,1-3,21-33H2,4-17H3. The maximum Gasteiger partial charge on any atom is 0.330 e. The van der Waals surface area contributed by atoms with Crippen LogP contribution >= 0.6 is 0 Å². The Balaban J connectivity index is 8.52. The molecule has 0 aromatic heterocycles. The minimum atomic E-state index is -1.41. The van der Waals surface area contributed by atoms with E-state index in [0.717, 1.165) is 18.2 Å². The first-order valence-electron chi connectivity index (χ1n) is 23.5. The fourth-order valence-electron chi connectivity index (χ4n) is 10.3. The molecule has 0 spiro atoms. The van der Waals surface area contributed by atoms with Gasteiger partial charge in [-0.3, -0.25) is 14.4 Å². The number of hydrogen-bond acceptors (Lipinski definition) is 15. The SMILES string of the molecule is C=CC(=O)OCC(O)COC(=O)C(C(C)(CC)C(C)(CC)C(C(=O)OCC(COC(=O)C=C)OC(=O)C=C)C(C)(C)CC)C(C)(CC)C(C)(CC)C(C(=O)OCC(O)CO)C(C)(CC)CC. The van der Waals surface area contributed by atoms with E-state index in [-0.39, 0.29) is 0 Å². The molecule has 0 heterocycles. The second kappa shape index (κ2) is 27.1. The van der Waals surface area contributed by atoms with Gasteiger partial charge < -0.3 is 43.7 Å². The monoisotopic (exact) mass is 939 g/mol. The number of aliphatic hydroxyl groups is 3. The fourth-order valence-corrected chi connectivity index (χ4v) is 10.3. The first-order chi connectivity index (χ1) is 30.6. The molecular formula is C51H86O15. The molecule has 0 bridgehead atoms. The second-order valence-electron chi connectivity index (χ2n) is 19.4. The highest BCUT2D eigenvalue weighted by molar-refractivity contribution is 5.82. The molecule has 0 radical (unpaired) electrons. The predicted octanol–water partition coefficient (Wildman–Crippen LogP) is 7.66. The fraction of sp³-hybridized carbons (Fsp3) is 0.765. The highest BCUT2D eigenvalue weighted by Crippen LogP contribution is 2.68. The Morgan fingerprint density at radius 3 is 1.18 bits per heavy atom. The van der Waals surface area contributed by atoms with Crippen LogP contribution in [0.25, 0.3) is 0 Å². The van der Waals surface area contributed by atoms with Crippen molar-refractivity contribution < 1.29 is 72.5 Å². The second-order valence-corrected chi connectivity index (χ2v) is 19.4. The molecule has 0 saturated heterocycles. The maximum absolute atomic E-state index is 15.6. The van der Waals surface area contributed by atoms with Crippen LogP contribution in [-0.2, 0) is 57.2 Å². The van der Waals surface area contributed by atoms with Crippen LogP contribution in [0.3, 0.4) is 0 Å². The minimum Gasteiger partial charge on any atom is -0.463 e. The van der Waals surface area contributed by atoms with Gasteiger partial charge >= 0.3 is 35.8 Å². The van der Waals surface area contributed by atoms with Crippen molar-refractivity contribution in [3.63, 3.8) is 0 Å². The molecule has 0 aliphatic carbocycles. The van der Waals surface area contributed by atoms with Gasteiger partial charge in [-0.25, -0.2) is 14.4 Å². The van der Waals surface area contributed by atoms with Gasteiger partial charge in [-0.15, -0.1) is 0 Å². The Morgan fingerprint density at radius 1 is 0.455 bits per heavy atom. The lowest BCUT2D eigenvalue weighted by Gasteiger charge is -2.64. The Kier molecular flexibility index (Phi) is 25.4. The van der Waals surface area contributed by atoms with Gasteiger partial charge in [-0.1, -0.05) is 123 Å². The Labute approximate surface area is 395 Å². The predicted molar refractivity (Wildman–Crippen MR) is 251 cm³/mol. The molecule has 0 aromatic rings. The summed E-state index contributed by atoms with van der Waals surface area (Å²) in [6, 6.07) is 0. The van der Waals surface area contributed by atoms with Gasteiger partial charge in [-0.2, -0.15) is 0 Å². The summed E-state index contributed by atoms with van der Waals surface area (Å²) in [6.07, 6.45) is 1.75. The molecule has 0 aliphatic heterocycles. The van der Waals surface area contributed by atoms with Crippen molar-refractivity contribution in [3.05, 3.63) is 38.0 Å². The largest absolute Gasteiger partial charge is 0.463 e. The van der Waals surface area contributed by atoms with Gasteiger partial charge in [0.25, 0.3) is 0 Å². The van der Waals surface area contributed by atoms with E-state index in [2.05, 4.69) is 19.7 Å². The van der Waals surface area contributed by atoms with Gasteiger partial charge in [0.15, 0.2) is 6.10 Å². The number of carbonyl (C=O) groups excluding carboxylic acids is 6. The molecule has 380 valence electrons. The molecule has 0 aliphatic rings. The van der Waals surface area contributed by atoms with Gasteiger partial charge in [0, 0.05) is 18.2 Å². The average Bonchev–Trinajstić information content (AvgIpc) is 3.31. The molecule has 10 atom stereocenters. The van der Waals surface area contributed by atoms with Crippen LogP contribution in [0.15, 0.2) is 38.0 Å². The Bertz CT molecular complexity index is 1640. The molecule has 0 aromatic carbocycles. The summed E-state index contributed by atoms with van der Waals surface area (Å²) in [5.74, 6) is -7.31. The molecule has 10 unspecified atom stereocenters. The van der Waals surface area contributed by atoms with E-state index in [0.29, 0.717) is 44.9 Å². The van der Waals surface area contributed by atoms with E-state index >= 15 is 9.59 Å². The van der Waals surface area contributed by atoms with Crippen LogP contribution in [-0.4, -0.2) is 109 Å². The van der Waals surface area contributed by atoms with Crippen molar-refractivity contribution >= 4 is 35.8 Å². The highest BCUT2D eigenvalue weighted by atomic mass is 16.6. The van der Waals surface area contributed by atoms with Crippen LogP contribution in [0.4, 0.5) is 0 Å². The van der Waals surface area contributed by atoms with Crippen molar-refractivity contribution in [1.82, 2.24) is 0 Å². The molecule has 3 N–H and O–H groups in total. The van der Waals surface area contributed by atoms with E-state index in [9.17, 15) is 34.5 Å². The summed E-state index contributed by atoms with van der Waals surface area (Å²) >= 11 is 0. The summed E-state index contributed by atoms with van der Waals surface area (Å²) in [5.41, 5.74) is -6.09. The molecule has 66 heavy (non-hydrogen) atoms. The molecule has 0 amide bonds. The van der Waals surface area contributed by atoms with Crippen LogP contribution < -0.4 is 0 Å².